The fraction of sp³-hybridized carbons (Fsp3) is 0.333. The smallest absolute Gasteiger partial charge is 0.251 e. The molecule has 1 fully saturated rings. The number of benzene rings is 2. The number of amides is 2. The average Bonchev–Trinajstić information content (AvgIpc) is 2.73. The largest absolute Gasteiger partial charge is 0.493 e. The summed E-state index contributed by atoms with van der Waals surface area (Å²) in [6, 6.07) is 14.3. The Morgan fingerprint density at radius 1 is 1.11 bits per heavy atom. The number of piperidine rings is 1. The Bertz CT molecular complexity index is 830. The first-order valence-corrected chi connectivity index (χ1v) is 9.97. The van der Waals surface area contributed by atoms with Gasteiger partial charge in [-0.3, -0.25) is 9.59 Å². The molecule has 1 aliphatic heterocycles. The second kappa shape index (κ2) is 9.80. The average molecular weight is 421 g/mol. The number of nitrogens with one attached hydrogen (secondary N) is 1. The van der Waals surface area contributed by atoms with Gasteiger partial charge in [-0.2, -0.15) is 0 Å². The third kappa shape index (κ3) is 5.63. The van der Waals surface area contributed by atoms with Crippen LogP contribution >= 0.6 is 23.2 Å². The standard InChI is InChI=1S/C21H22Cl2N2O3/c22-18-9-8-16(11-19(18)23)21(27)24-12-20(26)25-10-4-5-15(13-25)14-28-17-6-2-1-3-7-17/h1-3,6-9,11,15H,4-5,10,12-14H2,(H,24,27). The Morgan fingerprint density at radius 3 is 2.64 bits per heavy atom. The summed E-state index contributed by atoms with van der Waals surface area (Å²) in [6.45, 7) is 1.85. The molecular weight excluding hydrogens is 399 g/mol. The Hall–Kier alpha value is -2.24. The second-order valence-electron chi connectivity index (χ2n) is 6.78. The summed E-state index contributed by atoms with van der Waals surface area (Å²) in [5, 5.41) is 3.34. The van der Waals surface area contributed by atoms with Crippen LogP contribution in [-0.4, -0.2) is 43.0 Å². The topological polar surface area (TPSA) is 58.6 Å². The van der Waals surface area contributed by atoms with Crippen molar-refractivity contribution in [2.75, 3.05) is 26.2 Å². The summed E-state index contributed by atoms with van der Waals surface area (Å²) in [7, 11) is 0. The van der Waals surface area contributed by atoms with E-state index < -0.39 is 0 Å². The van der Waals surface area contributed by atoms with E-state index in [1.165, 1.54) is 6.07 Å². The molecule has 1 atom stereocenters. The van der Waals surface area contributed by atoms with Crippen molar-refractivity contribution in [1.29, 1.82) is 0 Å². The van der Waals surface area contributed by atoms with Crippen LogP contribution in [0.15, 0.2) is 48.5 Å². The molecule has 3 rings (SSSR count). The number of nitrogens with zero attached hydrogens (tertiary/aromatic N) is 1. The molecule has 2 aromatic carbocycles. The van der Waals surface area contributed by atoms with Gasteiger partial charge in [0.1, 0.15) is 5.75 Å². The first-order chi connectivity index (χ1) is 13.5. The summed E-state index contributed by atoms with van der Waals surface area (Å²) in [5.74, 6) is 0.661. The quantitative estimate of drug-likeness (QED) is 0.766. The zero-order chi connectivity index (χ0) is 19.9. The van der Waals surface area contributed by atoms with E-state index in [1.807, 2.05) is 30.3 Å². The molecular formula is C21H22Cl2N2O3. The number of halogens is 2. The summed E-state index contributed by atoms with van der Waals surface area (Å²) in [6.07, 6.45) is 1.95. The van der Waals surface area contributed by atoms with Crippen LogP contribution in [0.1, 0.15) is 23.2 Å². The van der Waals surface area contributed by atoms with Crippen molar-refractivity contribution in [3.8, 4) is 5.75 Å². The fourth-order valence-corrected chi connectivity index (χ4v) is 3.46. The zero-order valence-corrected chi connectivity index (χ0v) is 16.9. The van der Waals surface area contributed by atoms with E-state index >= 15 is 0 Å². The molecule has 28 heavy (non-hydrogen) atoms. The van der Waals surface area contributed by atoms with Crippen molar-refractivity contribution in [2.24, 2.45) is 5.92 Å². The molecule has 1 unspecified atom stereocenters. The highest BCUT2D eigenvalue weighted by Gasteiger charge is 2.24. The molecule has 5 nitrogen and oxygen atoms in total. The predicted octanol–water partition coefficient (Wildman–Crippen LogP) is 4.04. The van der Waals surface area contributed by atoms with Gasteiger partial charge in [0.05, 0.1) is 23.2 Å². The van der Waals surface area contributed by atoms with Crippen LogP contribution < -0.4 is 10.1 Å². The van der Waals surface area contributed by atoms with Gasteiger partial charge in [-0.05, 0) is 43.2 Å². The Kier molecular flexibility index (Phi) is 7.18. The lowest BCUT2D eigenvalue weighted by Crippen LogP contribution is -2.46. The molecule has 1 heterocycles. The maximum atomic E-state index is 12.5. The Labute approximate surface area is 174 Å². The molecule has 0 saturated carbocycles. The van der Waals surface area contributed by atoms with E-state index in [4.69, 9.17) is 27.9 Å². The van der Waals surface area contributed by atoms with Crippen molar-refractivity contribution in [3.05, 3.63) is 64.1 Å². The predicted molar refractivity (Wildman–Crippen MR) is 110 cm³/mol. The zero-order valence-electron chi connectivity index (χ0n) is 15.4. The maximum Gasteiger partial charge on any atom is 0.251 e. The van der Waals surface area contributed by atoms with Crippen LogP contribution in [0.3, 0.4) is 0 Å². The number of ether oxygens (including phenoxy) is 1. The van der Waals surface area contributed by atoms with Gasteiger partial charge in [0.2, 0.25) is 5.91 Å². The highest BCUT2D eigenvalue weighted by Crippen LogP contribution is 2.22. The summed E-state index contributed by atoms with van der Waals surface area (Å²) in [4.78, 5) is 26.5. The van der Waals surface area contributed by atoms with Gasteiger partial charge in [-0.15, -0.1) is 0 Å². The van der Waals surface area contributed by atoms with Gasteiger partial charge >= 0.3 is 0 Å². The summed E-state index contributed by atoms with van der Waals surface area (Å²) in [5.41, 5.74) is 0.370. The normalized spacial score (nSPS) is 16.5. The van der Waals surface area contributed by atoms with Crippen molar-refractivity contribution in [1.82, 2.24) is 10.2 Å². The van der Waals surface area contributed by atoms with E-state index in [0.717, 1.165) is 18.6 Å². The fourth-order valence-electron chi connectivity index (χ4n) is 3.17. The van der Waals surface area contributed by atoms with E-state index in [9.17, 15) is 9.59 Å². The molecule has 0 spiro atoms. The van der Waals surface area contributed by atoms with E-state index in [1.54, 1.807) is 17.0 Å². The van der Waals surface area contributed by atoms with Gasteiger partial charge in [-0.25, -0.2) is 0 Å². The maximum absolute atomic E-state index is 12.5. The lowest BCUT2D eigenvalue weighted by Gasteiger charge is -2.32. The molecule has 0 aliphatic carbocycles. The Balaban J connectivity index is 1.47. The molecule has 2 amide bonds. The number of para-hydroxylation sites is 1. The van der Waals surface area contributed by atoms with Gasteiger partial charge in [-0.1, -0.05) is 41.4 Å². The number of likely N-dealkylation sites (tertiary alicyclic amines) is 1. The first kappa shape index (κ1) is 20.5. The van der Waals surface area contributed by atoms with Crippen molar-refractivity contribution in [2.45, 2.75) is 12.8 Å². The number of hydrogen-bond donors (Lipinski definition) is 1. The summed E-state index contributed by atoms with van der Waals surface area (Å²) >= 11 is 11.8. The van der Waals surface area contributed by atoms with Crippen LogP contribution in [0.5, 0.6) is 5.75 Å². The number of carbonyl (C=O) groups is 2. The van der Waals surface area contributed by atoms with Gasteiger partial charge in [0, 0.05) is 24.6 Å². The number of hydrogen-bond acceptors (Lipinski definition) is 3. The minimum absolute atomic E-state index is 0.0503. The summed E-state index contributed by atoms with van der Waals surface area (Å²) < 4.78 is 5.82. The SMILES string of the molecule is O=C(NCC(=O)N1CCCC(COc2ccccc2)C1)c1ccc(Cl)c(Cl)c1. The molecule has 7 heteroatoms. The Morgan fingerprint density at radius 2 is 1.89 bits per heavy atom. The molecule has 0 aromatic heterocycles. The first-order valence-electron chi connectivity index (χ1n) is 9.22. The van der Waals surface area contributed by atoms with Crippen LogP contribution in [0.2, 0.25) is 10.0 Å². The van der Waals surface area contributed by atoms with Crippen LogP contribution in [0.25, 0.3) is 0 Å². The molecule has 1 N–H and O–H groups in total. The number of carbonyl (C=O) groups excluding carboxylic acids is 2. The lowest BCUT2D eigenvalue weighted by atomic mass is 9.99. The minimum Gasteiger partial charge on any atom is -0.493 e. The molecule has 0 radical (unpaired) electrons. The molecule has 2 aromatic rings. The van der Waals surface area contributed by atoms with E-state index in [0.29, 0.717) is 35.3 Å². The van der Waals surface area contributed by atoms with Gasteiger partial charge < -0.3 is 15.0 Å². The van der Waals surface area contributed by atoms with Crippen LogP contribution in [0.4, 0.5) is 0 Å². The lowest BCUT2D eigenvalue weighted by molar-refractivity contribution is -0.132. The van der Waals surface area contributed by atoms with Gasteiger partial charge in [0.15, 0.2) is 0 Å². The van der Waals surface area contributed by atoms with E-state index in [2.05, 4.69) is 5.32 Å². The van der Waals surface area contributed by atoms with Crippen LogP contribution in [0, 0.1) is 5.92 Å². The highest BCUT2D eigenvalue weighted by molar-refractivity contribution is 6.42. The molecule has 1 saturated heterocycles. The number of rotatable bonds is 6. The van der Waals surface area contributed by atoms with E-state index in [-0.39, 0.29) is 24.3 Å². The van der Waals surface area contributed by atoms with Crippen LogP contribution in [-0.2, 0) is 4.79 Å². The third-order valence-corrected chi connectivity index (χ3v) is 5.42. The van der Waals surface area contributed by atoms with Crippen molar-refractivity contribution < 1.29 is 14.3 Å². The molecule has 1 aliphatic rings. The molecule has 0 bridgehead atoms. The molecule has 148 valence electrons. The minimum atomic E-state index is -0.354. The third-order valence-electron chi connectivity index (χ3n) is 4.68. The second-order valence-corrected chi connectivity index (χ2v) is 7.60. The van der Waals surface area contributed by atoms with Gasteiger partial charge in [0.25, 0.3) is 5.91 Å². The monoisotopic (exact) mass is 420 g/mol. The highest BCUT2D eigenvalue weighted by atomic mass is 35.5. The van der Waals surface area contributed by atoms with Crippen molar-refractivity contribution >= 4 is 35.0 Å². The van der Waals surface area contributed by atoms with Crippen molar-refractivity contribution in [3.63, 3.8) is 0 Å².